The summed E-state index contributed by atoms with van der Waals surface area (Å²) < 4.78 is 15.8. The lowest BCUT2D eigenvalue weighted by atomic mass is 10.0. The van der Waals surface area contributed by atoms with Crippen molar-refractivity contribution in [1.82, 2.24) is 19.6 Å². The molecule has 6 nitrogen and oxygen atoms in total. The van der Waals surface area contributed by atoms with E-state index in [1.807, 2.05) is 35.4 Å². The molecule has 0 radical (unpaired) electrons. The molecule has 1 amide bonds. The van der Waals surface area contributed by atoms with Crippen molar-refractivity contribution >= 4 is 12.1 Å². The normalized spacial score (nSPS) is 16.5. The smallest absolute Gasteiger partial charge is 0.244 e. The van der Waals surface area contributed by atoms with Crippen molar-refractivity contribution in [1.29, 1.82) is 0 Å². The minimum absolute atomic E-state index is 0.0715. The van der Waals surface area contributed by atoms with Crippen molar-refractivity contribution in [2.24, 2.45) is 4.99 Å². The number of nitrogens with zero attached hydrogens (tertiary/aromatic N) is 5. The lowest BCUT2D eigenvalue weighted by Crippen LogP contribution is -2.49. The maximum absolute atomic E-state index is 14.1. The minimum atomic E-state index is -0.181. The minimum Gasteiger partial charge on any atom is -0.353 e. The predicted octanol–water partition coefficient (Wildman–Crippen LogP) is 4.27. The largest absolute Gasteiger partial charge is 0.353 e. The first-order valence-electron chi connectivity index (χ1n) is 11.6. The molecule has 2 aliphatic rings. The Morgan fingerprint density at radius 1 is 1.06 bits per heavy atom. The van der Waals surface area contributed by atoms with Crippen LogP contribution in [0.25, 0.3) is 11.3 Å². The summed E-state index contributed by atoms with van der Waals surface area (Å²) in [6, 6.07) is 5.64. The van der Waals surface area contributed by atoms with Crippen LogP contribution in [0, 0.1) is 19.7 Å². The zero-order chi connectivity index (χ0) is 23.5. The van der Waals surface area contributed by atoms with Gasteiger partial charge in [-0.2, -0.15) is 5.10 Å². The van der Waals surface area contributed by atoms with Crippen LogP contribution in [0.3, 0.4) is 0 Å². The van der Waals surface area contributed by atoms with Crippen LogP contribution in [0.5, 0.6) is 0 Å². The SMILES string of the molecule is CCc1cc(-c2cc(C)c(F)c(C)c2)nn1CC(=O)N1CCN(C2=C(C)CC=CC=N2)CC1. The summed E-state index contributed by atoms with van der Waals surface area (Å²) in [6.45, 7) is 10.8. The third kappa shape index (κ3) is 4.92. The third-order valence-electron chi connectivity index (χ3n) is 6.40. The molecule has 4 rings (SSSR count). The topological polar surface area (TPSA) is 53.7 Å². The molecule has 1 aromatic carbocycles. The molecule has 33 heavy (non-hydrogen) atoms. The number of carbonyl (C=O) groups is 1. The van der Waals surface area contributed by atoms with E-state index >= 15 is 0 Å². The summed E-state index contributed by atoms with van der Waals surface area (Å²) in [5.74, 6) is 0.921. The molecule has 0 saturated carbocycles. The number of hydrogen-bond donors (Lipinski definition) is 0. The highest BCUT2D eigenvalue weighted by atomic mass is 19.1. The maximum Gasteiger partial charge on any atom is 0.244 e. The first kappa shape index (κ1) is 23.0. The monoisotopic (exact) mass is 449 g/mol. The van der Waals surface area contributed by atoms with E-state index in [1.165, 1.54) is 5.57 Å². The molecular formula is C26H32FN5O. The molecule has 0 aliphatic carbocycles. The summed E-state index contributed by atoms with van der Waals surface area (Å²) in [4.78, 5) is 21.9. The van der Waals surface area contributed by atoms with Crippen LogP contribution in [0.4, 0.5) is 4.39 Å². The summed E-state index contributed by atoms with van der Waals surface area (Å²) in [6.07, 6.45) is 7.61. The zero-order valence-electron chi connectivity index (χ0n) is 19.9. The lowest BCUT2D eigenvalue weighted by Gasteiger charge is -2.36. The van der Waals surface area contributed by atoms with E-state index in [1.54, 1.807) is 18.5 Å². The number of aromatic nitrogens is 2. The van der Waals surface area contributed by atoms with Gasteiger partial charge in [-0.15, -0.1) is 0 Å². The lowest BCUT2D eigenvalue weighted by molar-refractivity contribution is -0.133. The number of carbonyl (C=O) groups excluding carboxylic acids is 1. The first-order valence-corrected chi connectivity index (χ1v) is 11.6. The molecule has 7 heteroatoms. The van der Waals surface area contributed by atoms with E-state index in [9.17, 15) is 9.18 Å². The number of allylic oxidation sites excluding steroid dienone is 3. The van der Waals surface area contributed by atoms with Crippen LogP contribution < -0.4 is 0 Å². The number of rotatable bonds is 5. The number of benzene rings is 1. The molecule has 2 aromatic rings. The number of amides is 1. The van der Waals surface area contributed by atoms with Gasteiger partial charge in [-0.3, -0.25) is 9.48 Å². The average Bonchev–Trinajstić information content (AvgIpc) is 3.09. The second kappa shape index (κ2) is 9.73. The number of aliphatic imine (C=N–C) groups is 1. The van der Waals surface area contributed by atoms with Gasteiger partial charge in [0.1, 0.15) is 18.2 Å². The van der Waals surface area contributed by atoms with Crippen LogP contribution in [0.1, 0.15) is 37.1 Å². The van der Waals surface area contributed by atoms with Gasteiger partial charge in [0, 0.05) is 43.7 Å². The van der Waals surface area contributed by atoms with Gasteiger partial charge in [0.25, 0.3) is 0 Å². The quantitative estimate of drug-likeness (QED) is 0.685. The van der Waals surface area contributed by atoms with E-state index in [0.717, 1.165) is 48.7 Å². The molecule has 2 aliphatic heterocycles. The second-order valence-corrected chi connectivity index (χ2v) is 8.84. The van der Waals surface area contributed by atoms with Gasteiger partial charge in [0.15, 0.2) is 0 Å². The van der Waals surface area contributed by atoms with E-state index in [-0.39, 0.29) is 18.3 Å². The molecule has 0 unspecified atom stereocenters. The van der Waals surface area contributed by atoms with Gasteiger partial charge in [0.05, 0.1) is 5.69 Å². The van der Waals surface area contributed by atoms with Gasteiger partial charge >= 0.3 is 0 Å². The Balaban J connectivity index is 1.44. The van der Waals surface area contributed by atoms with Crippen LogP contribution in [-0.4, -0.2) is 57.9 Å². The molecule has 1 aromatic heterocycles. The molecule has 174 valence electrons. The van der Waals surface area contributed by atoms with Gasteiger partial charge in [-0.1, -0.05) is 13.0 Å². The zero-order valence-corrected chi connectivity index (χ0v) is 19.9. The van der Waals surface area contributed by atoms with Crippen LogP contribution >= 0.6 is 0 Å². The van der Waals surface area contributed by atoms with Crippen molar-refractivity contribution in [3.63, 3.8) is 0 Å². The molecule has 0 N–H and O–H groups in total. The molecule has 1 fully saturated rings. The van der Waals surface area contributed by atoms with Gasteiger partial charge in [-0.05, 0) is 74.6 Å². The molecule has 0 atom stereocenters. The Morgan fingerprint density at radius 3 is 2.42 bits per heavy atom. The van der Waals surface area contributed by atoms with Crippen molar-refractivity contribution in [2.75, 3.05) is 26.2 Å². The highest BCUT2D eigenvalue weighted by Crippen LogP contribution is 2.25. The van der Waals surface area contributed by atoms with Gasteiger partial charge in [-0.25, -0.2) is 9.38 Å². The van der Waals surface area contributed by atoms with Gasteiger partial charge < -0.3 is 9.80 Å². The Morgan fingerprint density at radius 2 is 1.76 bits per heavy atom. The Bertz CT molecular complexity index is 1110. The molecule has 0 spiro atoms. The van der Waals surface area contributed by atoms with Crippen molar-refractivity contribution in [3.8, 4) is 11.3 Å². The fraction of sp³-hybridized carbons (Fsp3) is 0.423. The second-order valence-electron chi connectivity index (χ2n) is 8.84. The van der Waals surface area contributed by atoms with E-state index in [4.69, 9.17) is 5.10 Å². The fourth-order valence-corrected chi connectivity index (χ4v) is 4.48. The van der Waals surface area contributed by atoms with Crippen molar-refractivity contribution in [2.45, 2.75) is 47.1 Å². The van der Waals surface area contributed by atoms with E-state index in [2.05, 4.69) is 29.8 Å². The standard InChI is InChI=1S/C26H32FN5O/c1-5-22-16-23(21-14-19(3)25(27)20(4)15-21)29-32(22)17-24(33)30-10-12-31(13-11-30)26-18(2)8-6-7-9-28-26/h6-7,9,14-16H,5,8,10-13,17H2,1-4H3. The summed E-state index contributed by atoms with van der Waals surface area (Å²) >= 11 is 0. The number of hydrogen-bond acceptors (Lipinski definition) is 4. The summed E-state index contributed by atoms with van der Waals surface area (Å²) in [5.41, 5.74) is 5.11. The third-order valence-corrected chi connectivity index (χ3v) is 6.40. The molecule has 1 saturated heterocycles. The first-order chi connectivity index (χ1) is 15.9. The van der Waals surface area contributed by atoms with Crippen LogP contribution in [0.15, 0.2) is 46.7 Å². The number of aryl methyl sites for hydroxylation is 3. The van der Waals surface area contributed by atoms with Crippen molar-refractivity contribution in [3.05, 3.63) is 64.4 Å². The maximum atomic E-state index is 14.1. The number of halogens is 1. The summed E-state index contributed by atoms with van der Waals surface area (Å²) in [7, 11) is 0. The fourth-order valence-electron chi connectivity index (χ4n) is 4.48. The van der Waals surface area contributed by atoms with Crippen LogP contribution in [0.2, 0.25) is 0 Å². The summed E-state index contributed by atoms with van der Waals surface area (Å²) in [5, 5.41) is 4.71. The van der Waals surface area contributed by atoms with Gasteiger partial charge in [0.2, 0.25) is 5.91 Å². The van der Waals surface area contributed by atoms with Crippen molar-refractivity contribution < 1.29 is 9.18 Å². The Hall–Kier alpha value is -3.22. The highest BCUT2D eigenvalue weighted by molar-refractivity contribution is 5.76. The predicted molar refractivity (Wildman–Crippen MR) is 130 cm³/mol. The Kier molecular flexibility index (Phi) is 6.77. The molecular weight excluding hydrogens is 417 g/mol. The molecule has 3 heterocycles. The highest BCUT2D eigenvalue weighted by Gasteiger charge is 2.24. The Labute approximate surface area is 195 Å². The number of piperazine rings is 1. The average molecular weight is 450 g/mol. The molecule has 0 bridgehead atoms. The van der Waals surface area contributed by atoms with Crippen LogP contribution in [-0.2, 0) is 17.8 Å². The van der Waals surface area contributed by atoms with E-state index in [0.29, 0.717) is 24.2 Å². The van der Waals surface area contributed by atoms with E-state index < -0.39 is 0 Å².